The van der Waals surface area contributed by atoms with Gasteiger partial charge in [0.25, 0.3) is 0 Å². The monoisotopic (exact) mass is 251 g/mol. The largest absolute Gasteiger partial charge is 0.481 e. The topological polar surface area (TPSA) is 40.5 Å². The van der Waals surface area contributed by atoms with Crippen molar-refractivity contribution in [1.82, 2.24) is 0 Å². The van der Waals surface area contributed by atoms with Gasteiger partial charge < -0.3 is 10.0 Å². The molecule has 0 bridgehead atoms. The van der Waals surface area contributed by atoms with E-state index in [-0.39, 0.29) is 6.42 Å². The summed E-state index contributed by atoms with van der Waals surface area (Å²) in [5, 5.41) is 8.88. The fourth-order valence-electron chi connectivity index (χ4n) is 2.48. The lowest BCUT2D eigenvalue weighted by Crippen LogP contribution is -2.26. The van der Waals surface area contributed by atoms with E-state index in [0.717, 1.165) is 31.6 Å². The average molecular weight is 251 g/mol. The highest BCUT2D eigenvalue weighted by atomic mass is 19.1. The predicted molar refractivity (Wildman–Crippen MR) is 68.4 cm³/mol. The third-order valence-corrected chi connectivity index (χ3v) is 3.37. The highest BCUT2D eigenvalue weighted by molar-refractivity contribution is 5.73. The molecule has 0 saturated carbocycles. The molecule has 3 nitrogen and oxygen atoms in total. The van der Waals surface area contributed by atoms with Crippen LogP contribution >= 0.6 is 0 Å². The third-order valence-electron chi connectivity index (χ3n) is 3.37. The summed E-state index contributed by atoms with van der Waals surface area (Å²) in [7, 11) is 0. The van der Waals surface area contributed by atoms with Crippen molar-refractivity contribution >= 4 is 11.7 Å². The second kappa shape index (κ2) is 5.85. The van der Waals surface area contributed by atoms with Gasteiger partial charge in [0.15, 0.2) is 0 Å². The van der Waals surface area contributed by atoms with Crippen LogP contribution in [-0.4, -0.2) is 24.2 Å². The van der Waals surface area contributed by atoms with E-state index in [1.54, 1.807) is 6.07 Å². The van der Waals surface area contributed by atoms with E-state index in [9.17, 15) is 9.18 Å². The Kier molecular flexibility index (Phi) is 4.18. The van der Waals surface area contributed by atoms with Crippen molar-refractivity contribution in [2.24, 2.45) is 0 Å². The van der Waals surface area contributed by atoms with Crippen molar-refractivity contribution in [3.8, 4) is 0 Å². The van der Waals surface area contributed by atoms with Gasteiger partial charge in [-0.2, -0.15) is 0 Å². The maximum absolute atomic E-state index is 13.8. The standard InChI is InChI=1S/C14H18FNO2/c15-12-6-5-7-13(11(12)10-14(17)18)16-8-3-1-2-4-9-16/h5-7H,1-4,8-10H2,(H,17,18). The number of hydrogen-bond acceptors (Lipinski definition) is 2. The Balaban J connectivity index is 2.29. The van der Waals surface area contributed by atoms with Crippen LogP contribution in [0.1, 0.15) is 31.2 Å². The van der Waals surface area contributed by atoms with Gasteiger partial charge in [0.1, 0.15) is 5.82 Å². The summed E-state index contributed by atoms with van der Waals surface area (Å²) in [4.78, 5) is 13.0. The molecular formula is C14H18FNO2. The molecular weight excluding hydrogens is 233 g/mol. The number of carboxylic acid groups (broad SMARTS) is 1. The molecule has 1 saturated heterocycles. The molecule has 0 atom stereocenters. The van der Waals surface area contributed by atoms with E-state index >= 15 is 0 Å². The van der Waals surface area contributed by atoms with E-state index < -0.39 is 11.8 Å². The van der Waals surface area contributed by atoms with E-state index in [0.29, 0.717) is 5.56 Å². The molecule has 0 spiro atoms. The molecule has 1 aliphatic rings. The number of carbonyl (C=O) groups is 1. The Labute approximate surface area is 106 Å². The average Bonchev–Trinajstić information content (AvgIpc) is 2.60. The van der Waals surface area contributed by atoms with Crippen LogP contribution in [0, 0.1) is 5.82 Å². The summed E-state index contributed by atoms with van der Waals surface area (Å²) in [5.74, 6) is -1.41. The van der Waals surface area contributed by atoms with Gasteiger partial charge in [-0.15, -0.1) is 0 Å². The smallest absolute Gasteiger partial charge is 0.308 e. The first-order valence-corrected chi connectivity index (χ1v) is 6.42. The van der Waals surface area contributed by atoms with Crippen LogP contribution < -0.4 is 4.90 Å². The van der Waals surface area contributed by atoms with Crippen LogP contribution in [0.5, 0.6) is 0 Å². The lowest BCUT2D eigenvalue weighted by Gasteiger charge is -2.25. The highest BCUT2D eigenvalue weighted by Gasteiger charge is 2.17. The van der Waals surface area contributed by atoms with Crippen LogP contribution in [0.4, 0.5) is 10.1 Å². The fourth-order valence-corrected chi connectivity index (χ4v) is 2.48. The SMILES string of the molecule is O=C(O)Cc1c(F)cccc1N1CCCCCC1. The van der Waals surface area contributed by atoms with E-state index in [1.165, 1.54) is 18.9 Å². The molecule has 1 heterocycles. The second-order valence-electron chi connectivity index (χ2n) is 4.71. The van der Waals surface area contributed by atoms with Gasteiger partial charge >= 0.3 is 5.97 Å². The summed E-state index contributed by atoms with van der Waals surface area (Å²) in [6.45, 7) is 1.77. The molecule has 1 fully saturated rings. The molecule has 0 aromatic heterocycles. The van der Waals surface area contributed by atoms with Crippen molar-refractivity contribution in [1.29, 1.82) is 0 Å². The van der Waals surface area contributed by atoms with Gasteiger partial charge in [0, 0.05) is 24.3 Å². The molecule has 0 aliphatic carbocycles. The van der Waals surface area contributed by atoms with Crippen LogP contribution in [0.2, 0.25) is 0 Å². The minimum absolute atomic E-state index is 0.251. The number of aliphatic carboxylic acids is 1. The first-order valence-electron chi connectivity index (χ1n) is 6.42. The normalized spacial score (nSPS) is 16.4. The van der Waals surface area contributed by atoms with Crippen molar-refractivity contribution in [2.45, 2.75) is 32.1 Å². The first kappa shape index (κ1) is 12.9. The Morgan fingerprint density at radius 1 is 1.22 bits per heavy atom. The zero-order valence-corrected chi connectivity index (χ0v) is 10.4. The number of nitrogens with zero attached hydrogens (tertiary/aromatic N) is 1. The molecule has 1 aliphatic heterocycles. The summed E-state index contributed by atoms with van der Waals surface area (Å²) < 4.78 is 13.8. The second-order valence-corrected chi connectivity index (χ2v) is 4.71. The van der Waals surface area contributed by atoms with Crippen molar-refractivity contribution in [3.63, 3.8) is 0 Å². The van der Waals surface area contributed by atoms with Crippen LogP contribution in [0.3, 0.4) is 0 Å². The number of carboxylic acids is 1. The van der Waals surface area contributed by atoms with Gasteiger partial charge in [-0.1, -0.05) is 18.9 Å². The summed E-state index contributed by atoms with van der Waals surface area (Å²) in [5.41, 5.74) is 1.06. The molecule has 0 radical (unpaired) electrons. The van der Waals surface area contributed by atoms with Crippen molar-refractivity contribution in [3.05, 3.63) is 29.6 Å². The number of rotatable bonds is 3. The van der Waals surface area contributed by atoms with Crippen molar-refractivity contribution < 1.29 is 14.3 Å². The minimum atomic E-state index is -0.990. The maximum Gasteiger partial charge on any atom is 0.308 e. The van der Waals surface area contributed by atoms with Gasteiger partial charge in [-0.3, -0.25) is 4.79 Å². The van der Waals surface area contributed by atoms with Gasteiger partial charge in [0.05, 0.1) is 6.42 Å². The van der Waals surface area contributed by atoms with E-state index in [1.807, 2.05) is 6.07 Å². The molecule has 2 rings (SSSR count). The Morgan fingerprint density at radius 3 is 2.50 bits per heavy atom. The molecule has 1 N–H and O–H groups in total. The number of anilines is 1. The molecule has 1 aromatic rings. The van der Waals surface area contributed by atoms with E-state index in [4.69, 9.17) is 5.11 Å². The van der Waals surface area contributed by atoms with Gasteiger partial charge in [-0.05, 0) is 25.0 Å². The molecule has 4 heteroatoms. The predicted octanol–water partition coefficient (Wildman–Crippen LogP) is 2.83. The zero-order valence-electron chi connectivity index (χ0n) is 10.4. The molecule has 1 aromatic carbocycles. The lowest BCUT2D eigenvalue weighted by atomic mass is 10.1. The number of halogens is 1. The molecule has 0 unspecified atom stereocenters. The number of benzene rings is 1. The lowest BCUT2D eigenvalue weighted by molar-refractivity contribution is -0.136. The number of hydrogen-bond donors (Lipinski definition) is 1. The Morgan fingerprint density at radius 2 is 1.89 bits per heavy atom. The van der Waals surface area contributed by atoms with E-state index in [2.05, 4.69) is 4.90 Å². The zero-order chi connectivity index (χ0) is 13.0. The Hall–Kier alpha value is -1.58. The minimum Gasteiger partial charge on any atom is -0.481 e. The van der Waals surface area contributed by atoms with Gasteiger partial charge in [-0.25, -0.2) is 4.39 Å². The summed E-state index contributed by atoms with van der Waals surface area (Å²) in [6.07, 6.45) is 4.31. The Bertz CT molecular complexity index is 426. The van der Waals surface area contributed by atoms with Crippen molar-refractivity contribution in [2.75, 3.05) is 18.0 Å². The first-order chi connectivity index (χ1) is 8.68. The molecule has 98 valence electrons. The summed E-state index contributed by atoms with van der Waals surface area (Å²) >= 11 is 0. The third kappa shape index (κ3) is 3.00. The van der Waals surface area contributed by atoms with Crippen LogP contribution in [0.15, 0.2) is 18.2 Å². The summed E-state index contributed by atoms with van der Waals surface area (Å²) in [6, 6.07) is 4.81. The fraction of sp³-hybridized carbons (Fsp3) is 0.500. The maximum atomic E-state index is 13.8. The molecule has 0 amide bonds. The van der Waals surface area contributed by atoms with Crippen LogP contribution in [0.25, 0.3) is 0 Å². The quantitative estimate of drug-likeness (QED) is 0.898. The highest BCUT2D eigenvalue weighted by Crippen LogP contribution is 2.26. The van der Waals surface area contributed by atoms with Crippen LogP contribution in [-0.2, 0) is 11.2 Å². The van der Waals surface area contributed by atoms with Gasteiger partial charge in [0.2, 0.25) is 0 Å². The molecule has 18 heavy (non-hydrogen) atoms.